The quantitative estimate of drug-likeness (QED) is 0.686. The Hall–Kier alpha value is -1.94. The maximum Gasteiger partial charge on any atom is 0.246 e. The molecule has 1 heterocycles. The molecule has 1 aromatic carbocycles. The Balaban J connectivity index is 2.13. The Bertz CT molecular complexity index is 865. The first-order chi connectivity index (χ1) is 12.8. The number of benzene rings is 1. The van der Waals surface area contributed by atoms with Crippen molar-refractivity contribution in [3.8, 4) is 5.75 Å². The minimum absolute atomic E-state index is 0.0127. The minimum Gasteiger partial charge on any atom is -0.495 e. The molecule has 1 N–H and O–H groups in total. The fourth-order valence-electron chi connectivity index (χ4n) is 2.46. The average molecular weight is 412 g/mol. The van der Waals surface area contributed by atoms with Crippen LogP contribution in [0.5, 0.6) is 5.75 Å². The van der Waals surface area contributed by atoms with E-state index in [-0.39, 0.29) is 23.1 Å². The van der Waals surface area contributed by atoms with Crippen molar-refractivity contribution in [3.63, 3.8) is 0 Å². The molecule has 0 atom stereocenters. The lowest BCUT2D eigenvalue weighted by atomic mass is 10.3. The number of methoxy groups -OCH3 is 1. The summed E-state index contributed by atoms with van der Waals surface area (Å²) in [5.41, 5.74) is 0.411. The summed E-state index contributed by atoms with van der Waals surface area (Å²) in [5, 5.41) is 4.78. The fourth-order valence-corrected chi connectivity index (χ4v) is 4.28. The number of carbonyl (C=O) groups is 1. The first-order valence-corrected chi connectivity index (χ1v) is 10.7. The number of hydrogen-bond donors (Lipinski definition) is 1. The first-order valence-electron chi connectivity index (χ1n) is 8.43. The highest BCUT2D eigenvalue weighted by molar-refractivity contribution is 7.89. The Labute approximate surface area is 164 Å². The van der Waals surface area contributed by atoms with Gasteiger partial charge in [-0.2, -0.15) is 0 Å². The van der Waals surface area contributed by atoms with Crippen molar-refractivity contribution in [1.29, 1.82) is 0 Å². The van der Waals surface area contributed by atoms with E-state index in [1.54, 1.807) is 17.4 Å². The van der Waals surface area contributed by atoms with Crippen LogP contribution in [0.25, 0.3) is 0 Å². The van der Waals surface area contributed by atoms with Gasteiger partial charge < -0.3 is 10.1 Å². The number of amides is 1. The largest absolute Gasteiger partial charge is 0.495 e. The van der Waals surface area contributed by atoms with E-state index < -0.39 is 10.0 Å². The zero-order valence-corrected chi connectivity index (χ0v) is 17.6. The third kappa shape index (κ3) is 5.52. The molecular weight excluding hydrogens is 386 g/mol. The number of hydrogen-bond acceptors (Lipinski definition) is 6. The van der Waals surface area contributed by atoms with Gasteiger partial charge in [0.1, 0.15) is 10.6 Å². The van der Waals surface area contributed by atoms with E-state index in [2.05, 4.69) is 5.32 Å². The molecule has 0 spiro atoms. The second kappa shape index (κ2) is 9.32. The molecule has 0 unspecified atom stereocenters. The molecule has 0 aliphatic heterocycles. The summed E-state index contributed by atoms with van der Waals surface area (Å²) < 4.78 is 31.2. The minimum atomic E-state index is -3.69. The number of anilines is 1. The van der Waals surface area contributed by atoms with E-state index >= 15 is 0 Å². The van der Waals surface area contributed by atoms with Crippen LogP contribution >= 0.6 is 11.3 Å². The number of nitrogens with one attached hydrogen (secondary N) is 1. The average Bonchev–Trinajstić information content (AvgIpc) is 3.13. The molecule has 2 rings (SSSR count). The van der Waals surface area contributed by atoms with Crippen LogP contribution < -0.4 is 10.1 Å². The summed E-state index contributed by atoms with van der Waals surface area (Å²) in [7, 11) is 0.613. The summed E-state index contributed by atoms with van der Waals surface area (Å²) >= 11 is 1.65. The zero-order valence-electron chi connectivity index (χ0n) is 15.9. The van der Waals surface area contributed by atoms with Crippen molar-refractivity contribution in [3.05, 3.63) is 40.6 Å². The van der Waals surface area contributed by atoms with E-state index in [1.807, 2.05) is 29.3 Å². The third-order valence-electron chi connectivity index (χ3n) is 3.98. The lowest BCUT2D eigenvalue weighted by Gasteiger charge is -2.19. The monoisotopic (exact) mass is 411 g/mol. The standard InChI is InChI=1S/C18H25N3O4S2/c1-5-21(12-15-7-6-10-26-15)13-18(22)19-14-8-9-16(25-4)17(11-14)27(23,24)20(2)3/h6-11H,5,12-13H2,1-4H3,(H,19,22). The van der Waals surface area contributed by atoms with E-state index in [0.717, 1.165) is 10.8 Å². The van der Waals surface area contributed by atoms with Crippen LogP contribution in [0.4, 0.5) is 5.69 Å². The SMILES string of the molecule is CCN(CC(=O)Nc1ccc(OC)c(S(=O)(=O)N(C)C)c1)Cc1cccs1. The molecule has 0 saturated carbocycles. The summed E-state index contributed by atoms with van der Waals surface area (Å²) in [5.74, 6) is 0.0290. The molecule has 27 heavy (non-hydrogen) atoms. The van der Waals surface area contributed by atoms with Gasteiger partial charge in [-0.05, 0) is 36.2 Å². The third-order valence-corrected chi connectivity index (χ3v) is 6.68. The summed E-state index contributed by atoms with van der Waals surface area (Å²) in [6, 6.07) is 8.60. The first kappa shape index (κ1) is 21.4. The van der Waals surface area contributed by atoms with Crippen molar-refractivity contribution in [2.75, 3.05) is 39.6 Å². The van der Waals surface area contributed by atoms with Crippen molar-refractivity contribution in [1.82, 2.24) is 9.21 Å². The lowest BCUT2D eigenvalue weighted by Crippen LogP contribution is -2.32. The number of nitrogens with zero attached hydrogens (tertiary/aromatic N) is 2. The maximum atomic E-state index is 12.5. The molecule has 148 valence electrons. The van der Waals surface area contributed by atoms with Crippen LogP contribution in [0.2, 0.25) is 0 Å². The molecule has 0 bridgehead atoms. The van der Waals surface area contributed by atoms with Gasteiger partial charge >= 0.3 is 0 Å². The van der Waals surface area contributed by atoms with Gasteiger partial charge in [-0.15, -0.1) is 11.3 Å². The predicted molar refractivity (Wildman–Crippen MR) is 108 cm³/mol. The topological polar surface area (TPSA) is 79.0 Å². The fraction of sp³-hybridized carbons (Fsp3) is 0.389. The number of thiophene rings is 1. The van der Waals surface area contributed by atoms with E-state index in [1.165, 1.54) is 38.2 Å². The summed E-state index contributed by atoms with van der Waals surface area (Å²) in [4.78, 5) is 15.6. The highest BCUT2D eigenvalue weighted by atomic mass is 32.2. The highest BCUT2D eigenvalue weighted by Gasteiger charge is 2.23. The second-order valence-corrected chi connectivity index (χ2v) is 9.24. The van der Waals surface area contributed by atoms with Crippen molar-refractivity contribution in [2.24, 2.45) is 0 Å². The number of ether oxygens (including phenoxy) is 1. The van der Waals surface area contributed by atoms with Crippen molar-refractivity contribution in [2.45, 2.75) is 18.4 Å². The van der Waals surface area contributed by atoms with Gasteiger partial charge in [0.15, 0.2) is 0 Å². The van der Waals surface area contributed by atoms with E-state index in [9.17, 15) is 13.2 Å². The molecule has 0 aliphatic carbocycles. The van der Waals surface area contributed by atoms with Gasteiger partial charge in [-0.1, -0.05) is 13.0 Å². The zero-order chi connectivity index (χ0) is 20.0. The van der Waals surface area contributed by atoms with Crippen LogP contribution in [0.3, 0.4) is 0 Å². The Morgan fingerprint density at radius 3 is 2.56 bits per heavy atom. The number of sulfonamides is 1. The number of likely N-dealkylation sites (N-methyl/N-ethyl adjacent to an activating group) is 1. The Morgan fingerprint density at radius 1 is 1.26 bits per heavy atom. The van der Waals surface area contributed by atoms with E-state index in [0.29, 0.717) is 12.2 Å². The van der Waals surface area contributed by atoms with Gasteiger partial charge in [0, 0.05) is 31.2 Å². The van der Waals surface area contributed by atoms with Crippen LogP contribution in [0, 0.1) is 0 Å². The molecule has 1 amide bonds. The molecule has 0 radical (unpaired) electrons. The van der Waals surface area contributed by atoms with Crippen LogP contribution in [0.1, 0.15) is 11.8 Å². The van der Waals surface area contributed by atoms with Crippen LogP contribution in [-0.4, -0.2) is 57.8 Å². The number of carbonyl (C=O) groups excluding carboxylic acids is 1. The smallest absolute Gasteiger partial charge is 0.246 e. The molecule has 1 aromatic heterocycles. The second-order valence-electron chi connectivity index (χ2n) is 6.08. The van der Waals surface area contributed by atoms with Crippen LogP contribution in [0.15, 0.2) is 40.6 Å². The Kier molecular flexibility index (Phi) is 7.37. The highest BCUT2D eigenvalue weighted by Crippen LogP contribution is 2.28. The van der Waals surface area contributed by atoms with Gasteiger partial charge in [-0.25, -0.2) is 12.7 Å². The van der Waals surface area contributed by atoms with Gasteiger partial charge in [0.05, 0.1) is 13.7 Å². The van der Waals surface area contributed by atoms with Gasteiger partial charge in [0.2, 0.25) is 15.9 Å². The lowest BCUT2D eigenvalue weighted by molar-refractivity contribution is -0.117. The molecule has 0 fully saturated rings. The predicted octanol–water partition coefficient (Wildman–Crippen LogP) is 2.47. The Morgan fingerprint density at radius 2 is 2.00 bits per heavy atom. The van der Waals surface area contributed by atoms with Crippen molar-refractivity contribution >= 4 is 33.0 Å². The molecule has 0 aliphatic rings. The van der Waals surface area contributed by atoms with Gasteiger partial charge in [0.25, 0.3) is 0 Å². The molecular formula is C18H25N3O4S2. The van der Waals surface area contributed by atoms with Crippen LogP contribution in [-0.2, 0) is 21.4 Å². The summed E-state index contributed by atoms with van der Waals surface area (Å²) in [6.45, 7) is 3.64. The van der Waals surface area contributed by atoms with Gasteiger partial charge in [-0.3, -0.25) is 9.69 Å². The molecule has 7 nitrogen and oxygen atoms in total. The summed E-state index contributed by atoms with van der Waals surface area (Å²) in [6.07, 6.45) is 0. The maximum absolute atomic E-state index is 12.5. The molecule has 2 aromatic rings. The molecule has 9 heteroatoms. The normalized spacial score (nSPS) is 11.8. The molecule has 0 saturated heterocycles. The van der Waals surface area contributed by atoms with Crippen molar-refractivity contribution < 1.29 is 17.9 Å². The number of rotatable bonds is 9. The van der Waals surface area contributed by atoms with E-state index in [4.69, 9.17) is 4.74 Å².